The topological polar surface area (TPSA) is 50.4 Å². The van der Waals surface area contributed by atoms with E-state index in [1.54, 1.807) is 0 Å². The lowest BCUT2D eigenvalue weighted by Crippen LogP contribution is -2.30. The van der Waals surface area contributed by atoms with E-state index in [-0.39, 0.29) is 0 Å². The summed E-state index contributed by atoms with van der Waals surface area (Å²) in [4.78, 5) is 16.6. The van der Waals surface area contributed by atoms with Crippen LogP contribution in [0.15, 0.2) is 48.5 Å². The highest BCUT2D eigenvalue weighted by Gasteiger charge is 2.09. The summed E-state index contributed by atoms with van der Waals surface area (Å²) in [5.74, 6) is 0.597. The summed E-state index contributed by atoms with van der Waals surface area (Å²) in [6, 6.07) is 16.8. The lowest BCUT2D eigenvalue weighted by atomic mass is 9.94. The van der Waals surface area contributed by atoms with Crippen molar-refractivity contribution in [1.82, 2.24) is 10.8 Å². The average Bonchev–Trinajstić information content (AvgIpc) is 2.60. The molecule has 4 heteroatoms. The van der Waals surface area contributed by atoms with E-state index >= 15 is 0 Å². The number of hydrogen-bond acceptors (Lipinski definition) is 3. The molecule has 2 aromatic carbocycles. The average molecular weight is 340 g/mol. The summed E-state index contributed by atoms with van der Waals surface area (Å²) in [5, 5.41) is 2.68. The van der Waals surface area contributed by atoms with Crippen LogP contribution in [0.4, 0.5) is 4.79 Å². The van der Waals surface area contributed by atoms with Gasteiger partial charge in [0.05, 0.1) is 6.54 Å². The molecule has 2 N–H and O–H groups in total. The van der Waals surface area contributed by atoms with E-state index in [4.69, 9.17) is 4.84 Å². The van der Waals surface area contributed by atoms with Crippen molar-refractivity contribution in [3.8, 4) is 11.1 Å². The minimum Gasteiger partial charge on any atom is -0.354 e. The maximum absolute atomic E-state index is 11.6. The highest BCUT2D eigenvalue weighted by atomic mass is 16.7. The smallest absolute Gasteiger partial charge is 0.354 e. The van der Waals surface area contributed by atoms with Crippen molar-refractivity contribution in [1.29, 1.82) is 0 Å². The zero-order valence-corrected chi connectivity index (χ0v) is 15.3. The molecule has 2 aromatic rings. The normalized spacial score (nSPS) is 10.7. The molecule has 0 heterocycles. The second-order valence-corrected chi connectivity index (χ2v) is 6.59. The minimum atomic E-state index is -0.443. The molecule has 0 aliphatic heterocycles. The Labute approximate surface area is 150 Å². The molecule has 0 fully saturated rings. The third-order valence-corrected chi connectivity index (χ3v) is 3.85. The first-order chi connectivity index (χ1) is 12.1. The molecule has 0 bridgehead atoms. The van der Waals surface area contributed by atoms with E-state index in [9.17, 15) is 4.79 Å². The van der Waals surface area contributed by atoms with Crippen molar-refractivity contribution in [3.05, 3.63) is 59.7 Å². The third kappa shape index (κ3) is 6.24. The second-order valence-electron chi connectivity index (χ2n) is 6.59. The van der Waals surface area contributed by atoms with Gasteiger partial charge in [-0.1, -0.05) is 69.3 Å². The number of rotatable bonds is 8. The zero-order valence-electron chi connectivity index (χ0n) is 15.3. The van der Waals surface area contributed by atoms with Gasteiger partial charge in [0.2, 0.25) is 0 Å². The zero-order chi connectivity index (χ0) is 18.1. The second kappa shape index (κ2) is 9.84. The van der Waals surface area contributed by atoms with Crippen molar-refractivity contribution in [2.75, 3.05) is 6.54 Å². The van der Waals surface area contributed by atoms with E-state index in [1.165, 1.54) is 5.56 Å². The van der Waals surface area contributed by atoms with Gasteiger partial charge in [-0.15, -0.1) is 5.48 Å². The minimum absolute atomic E-state index is 0.443. The predicted octanol–water partition coefficient (Wildman–Crippen LogP) is 4.69. The molecule has 0 unspecified atom stereocenters. The van der Waals surface area contributed by atoms with E-state index in [2.05, 4.69) is 55.0 Å². The van der Waals surface area contributed by atoms with Crippen LogP contribution < -0.4 is 10.8 Å². The van der Waals surface area contributed by atoms with Crippen LogP contribution >= 0.6 is 0 Å². The van der Waals surface area contributed by atoms with Crippen LogP contribution in [0, 0.1) is 5.92 Å². The van der Waals surface area contributed by atoms with Gasteiger partial charge in [0.1, 0.15) is 0 Å². The van der Waals surface area contributed by atoms with Crippen molar-refractivity contribution < 1.29 is 9.63 Å². The molecule has 134 valence electrons. The molecule has 0 spiro atoms. The number of amides is 1. The van der Waals surface area contributed by atoms with Crippen LogP contribution in [0.25, 0.3) is 11.1 Å². The summed E-state index contributed by atoms with van der Waals surface area (Å²) < 4.78 is 0. The van der Waals surface area contributed by atoms with Crippen LogP contribution in [-0.4, -0.2) is 12.6 Å². The monoisotopic (exact) mass is 340 g/mol. The van der Waals surface area contributed by atoms with Gasteiger partial charge in [-0.25, -0.2) is 4.79 Å². The number of carbonyl (C=O) groups is 1. The number of benzene rings is 2. The van der Waals surface area contributed by atoms with Crippen molar-refractivity contribution in [3.63, 3.8) is 0 Å². The molecule has 0 saturated carbocycles. The molecule has 0 saturated heterocycles. The fourth-order valence-electron chi connectivity index (χ4n) is 2.73. The van der Waals surface area contributed by atoms with Gasteiger partial charge in [-0.05, 0) is 41.0 Å². The lowest BCUT2D eigenvalue weighted by molar-refractivity contribution is 0.0865. The maximum Gasteiger partial charge on any atom is 0.426 e. The van der Waals surface area contributed by atoms with Gasteiger partial charge in [0.25, 0.3) is 0 Å². The van der Waals surface area contributed by atoms with Crippen molar-refractivity contribution in [2.24, 2.45) is 5.92 Å². The van der Waals surface area contributed by atoms with Gasteiger partial charge in [0, 0.05) is 6.54 Å². The largest absolute Gasteiger partial charge is 0.426 e. The van der Waals surface area contributed by atoms with Gasteiger partial charge in [-0.2, -0.15) is 0 Å². The Morgan fingerprint density at radius 1 is 1.12 bits per heavy atom. The Bertz CT molecular complexity index is 669. The Kier molecular flexibility index (Phi) is 7.48. The first kappa shape index (κ1) is 19.0. The molecule has 0 radical (unpaired) electrons. The van der Waals surface area contributed by atoms with Crippen LogP contribution in [0.2, 0.25) is 0 Å². The molecule has 1 amide bonds. The molecule has 0 aromatic heterocycles. The molecule has 2 rings (SSSR count). The first-order valence-electron chi connectivity index (χ1n) is 8.95. The standard InChI is InChI=1S/C21H28N2O2/c1-4-12-22-21(24)25-23-15-19-14-17(13-16(2)3)10-11-20(19)18-8-6-5-7-9-18/h5-11,14,16,23H,4,12-13,15H2,1-3H3,(H,22,24). The Balaban J connectivity index is 2.13. The fraction of sp³-hybridized carbons (Fsp3) is 0.381. The van der Waals surface area contributed by atoms with Crippen molar-refractivity contribution >= 4 is 6.09 Å². The van der Waals surface area contributed by atoms with E-state index in [0.717, 1.165) is 29.5 Å². The van der Waals surface area contributed by atoms with Crippen LogP contribution in [-0.2, 0) is 17.8 Å². The number of nitrogens with one attached hydrogen (secondary N) is 2. The summed E-state index contributed by atoms with van der Waals surface area (Å²) in [7, 11) is 0. The maximum atomic E-state index is 11.6. The van der Waals surface area contributed by atoms with Gasteiger partial charge in [-0.3, -0.25) is 0 Å². The molecule has 0 atom stereocenters. The van der Waals surface area contributed by atoms with Crippen LogP contribution in [0.3, 0.4) is 0 Å². The first-order valence-corrected chi connectivity index (χ1v) is 8.95. The Morgan fingerprint density at radius 2 is 1.88 bits per heavy atom. The molecular weight excluding hydrogens is 312 g/mol. The Morgan fingerprint density at radius 3 is 2.56 bits per heavy atom. The lowest BCUT2D eigenvalue weighted by Gasteiger charge is -2.14. The van der Waals surface area contributed by atoms with Gasteiger partial charge in [0.15, 0.2) is 0 Å². The third-order valence-electron chi connectivity index (χ3n) is 3.85. The summed E-state index contributed by atoms with van der Waals surface area (Å²) in [5.41, 5.74) is 7.51. The van der Waals surface area contributed by atoms with E-state index in [0.29, 0.717) is 19.0 Å². The molecule has 25 heavy (non-hydrogen) atoms. The van der Waals surface area contributed by atoms with E-state index < -0.39 is 6.09 Å². The Hall–Kier alpha value is -2.33. The number of hydroxylamine groups is 1. The van der Waals surface area contributed by atoms with Crippen LogP contribution in [0.5, 0.6) is 0 Å². The summed E-state index contributed by atoms with van der Waals surface area (Å²) >= 11 is 0. The molecule has 0 aliphatic carbocycles. The van der Waals surface area contributed by atoms with Crippen molar-refractivity contribution in [2.45, 2.75) is 40.2 Å². The SMILES string of the molecule is CCCNC(=O)ONCc1cc(CC(C)C)ccc1-c1ccccc1. The molecule has 4 nitrogen and oxygen atoms in total. The van der Waals surface area contributed by atoms with Crippen LogP contribution in [0.1, 0.15) is 38.3 Å². The molecular formula is C21H28N2O2. The summed E-state index contributed by atoms with van der Waals surface area (Å²) in [6.07, 6.45) is 1.46. The van der Waals surface area contributed by atoms with Gasteiger partial charge < -0.3 is 10.2 Å². The van der Waals surface area contributed by atoms with E-state index in [1.807, 2.05) is 25.1 Å². The molecule has 0 aliphatic rings. The highest BCUT2D eigenvalue weighted by Crippen LogP contribution is 2.25. The summed E-state index contributed by atoms with van der Waals surface area (Å²) in [6.45, 7) is 7.50. The quantitative estimate of drug-likeness (QED) is 0.685. The highest BCUT2D eigenvalue weighted by molar-refractivity contribution is 5.68. The fourth-order valence-corrected chi connectivity index (χ4v) is 2.73. The number of carbonyl (C=O) groups excluding carboxylic acids is 1. The number of hydrogen-bond donors (Lipinski definition) is 2. The predicted molar refractivity (Wildman–Crippen MR) is 102 cm³/mol. The van der Waals surface area contributed by atoms with Gasteiger partial charge >= 0.3 is 6.09 Å².